The Morgan fingerprint density at radius 2 is 2.27 bits per heavy atom. The van der Waals surface area contributed by atoms with Crippen molar-refractivity contribution in [3.63, 3.8) is 0 Å². The van der Waals surface area contributed by atoms with Crippen molar-refractivity contribution in [3.8, 4) is 6.07 Å². The van der Waals surface area contributed by atoms with E-state index in [1.54, 1.807) is 6.07 Å². The molecule has 0 amide bonds. The number of aldehydes is 1. The standard InChI is InChI=1S/C9H5FN2O3/c10-8-2-1-6(3-4-11)9(12(14)15)7(8)5-13/h1-2,5H,3H2. The van der Waals surface area contributed by atoms with Gasteiger partial charge >= 0.3 is 0 Å². The van der Waals surface area contributed by atoms with E-state index in [-0.39, 0.29) is 18.3 Å². The molecule has 0 saturated carbocycles. The number of hydrogen-bond acceptors (Lipinski definition) is 4. The lowest BCUT2D eigenvalue weighted by Crippen LogP contribution is -2.02. The number of nitro benzene ring substituents is 1. The van der Waals surface area contributed by atoms with Gasteiger partial charge in [-0.15, -0.1) is 0 Å². The molecule has 76 valence electrons. The Bertz CT molecular complexity index is 465. The molecule has 5 nitrogen and oxygen atoms in total. The SMILES string of the molecule is N#CCc1ccc(F)c(C=O)c1[N+](=O)[O-]. The van der Waals surface area contributed by atoms with Crippen molar-refractivity contribution in [1.29, 1.82) is 5.26 Å². The first-order valence-corrected chi connectivity index (χ1v) is 3.89. The molecule has 0 aliphatic carbocycles. The number of benzene rings is 1. The summed E-state index contributed by atoms with van der Waals surface area (Å²) in [5.41, 5.74) is -1.22. The molecule has 1 aromatic rings. The number of nitro groups is 1. The van der Waals surface area contributed by atoms with E-state index in [1.807, 2.05) is 0 Å². The molecule has 0 aromatic heterocycles. The summed E-state index contributed by atoms with van der Waals surface area (Å²) in [7, 11) is 0. The van der Waals surface area contributed by atoms with Gasteiger partial charge in [0.2, 0.25) is 0 Å². The smallest absolute Gasteiger partial charge is 0.287 e. The first kappa shape index (κ1) is 10.8. The first-order valence-electron chi connectivity index (χ1n) is 3.89. The molecule has 0 radical (unpaired) electrons. The summed E-state index contributed by atoms with van der Waals surface area (Å²) in [5, 5.41) is 19.0. The second-order valence-corrected chi connectivity index (χ2v) is 2.68. The van der Waals surface area contributed by atoms with Crippen LogP contribution in [0.15, 0.2) is 12.1 Å². The molecule has 0 N–H and O–H groups in total. The molecule has 15 heavy (non-hydrogen) atoms. The van der Waals surface area contributed by atoms with E-state index in [1.165, 1.54) is 0 Å². The predicted molar refractivity (Wildman–Crippen MR) is 47.8 cm³/mol. The first-order chi connectivity index (χ1) is 7.11. The average Bonchev–Trinajstić information content (AvgIpc) is 2.20. The maximum Gasteiger partial charge on any atom is 0.287 e. The average molecular weight is 208 g/mol. The summed E-state index contributed by atoms with van der Waals surface area (Å²) >= 11 is 0. The van der Waals surface area contributed by atoms with Crippen molar-refractivity contribution < 1.29 is 14.1 Å². The number of hydrogen-bond donors (Lipinski definition) is 0. The van der Waals surface area contributed by atoms with Crippen LogP contribution in [0, 0.1) is 27.3 Å². The van der Waals surface area contributed by atoms with Crippen molar-refractivity contribution in [1.82, 2.24) is 0 Å². The van der Waals surface area contributed by atoms with Crippen LogP contribution >= 0.6 is 0 Å². The van der Waals surface area contributed by atoms with Crippen molar-refractivity contribution in [2.45, 2.75) is 6.42 Å². The van der Waals surface area contributed by atoms with Crippen LogP contribution in [0.3, 0.4) is 0 Å². The Morgan fingerprint density at radius 3 is 2.73 bits per heavy atom. The van der Waals surface area contributed by atoms with E-state index in [0.29, 0.717) is 0 Å². The maximum atomic E-state index is 13.0. The summed E-state index contributed by atoms with van der Waals surface area (Å²) in [6, 6.07) is 3.77. The highest BCUT2D eigenvalue weighted by Gasteiger charge is 2.22. The number of nitriles is 1. The van der Waals surface area contributed by atoms with Gasteiger partial charge in [-0.2, -0.15) is 5.26 Å². The maximum absolute atomic E-state index is 13.0. The molecule has 0 unspecified atom stereocenters. The zero-order chi connectivity index (χ0) is 11.4. The normalized spacial score (nSPS) is 9.33. The summed E-state index contributed by atoms with van der Waals surface area (Å²) in [5.74, 6) is -0.960. The van der Waals surface area contributed by atoms with Crippen LogP contribution in [0.25, 0.3) is 0 Å². The third-order valence-corrected chi connectivity index (χ3v) is 1.82. The van der Waals surface area contributed by atoms with E-state index in [4.69, 9.17) is 5.26 Å². The quantitative estimate of drug-likeness (QED) is 0.429. The molecule has 1 rings (SSSR count). The number of halogens is 1. The Hall–Kier alpha value is -2.29. The van der Waals surface area contributed by atoms with Gasteiger partial charge in [-0.05, 0) is 12.1 Å². The zero-order valence-electron chi connectivity index (χ0n) is 7.44. The molecule has 0 heterocycles. The third kappa shape index (κ3) is 1.96. The zero-order valence-corrected chi connectivity index (χ0v) is 7.44. The fourth-order valence-electron chi connectivity index (χ4n) is 1.18. The van der Waals surface area contributed by atoms with Crippen LogP contribution in [0.5, 0.6) is 0 Å². The molecule has 0 aliphatic heterocycles. The van der Waals surface area contributed by atoms with Gasteiger partial charge in [0.05, 0.1) is 17.4 Å². The van der Waals surface area contributed by atoms with Crippen LogP contribution in [0.4, 0.5) is 10.1 Å². The molecule has 0 bridgehead atoms. The highest BCUT2D eigenvalue weighted by Crippen LogP contribution is 2.25. The predicted octanol–water partition coefficient (Wildman–Crippen LogP) is 1.61. The van der Waals surface area contributed by atoms with E-state index < -0.39 is 22.0 Å². The summed E-state index contributed by atoms with van der Waals surface area (Å²) in [4.78, 5) is 20.2. The van der Waals surface area contributed by atoms with Crippen LogP contribution in [-0.4, -0.2) is 11.2 Å². The molecule has 0 atom stereocenters. The van der Waals surface area contributed by atoms with Gasteiger partial charge < -0.3 is 0 Å². The van der Waals surface area contributed by atoms with Crippen LogP contribution < -0.4 is 0 Å². The second kappa shape index (κ2) is 4.28. The molecule has 6 heteroatoms. The van der Waals surface area contributed by atoms with Crippen molar-refractivity contribution in [2.75, 3.05) is 0 Å². The van der Waals surface area contributed by atoms with Crippen LogP contribution in [0.1, 0.15) is 15.9 Å². The summed E-state index contributed by atoms with van der Waals surface area (Å²) in [6.07, 6.45) is -0.161. The Balaban J connectivity index is 3.50. The topological polar surface area (TPSA) is 84.0 Å². The van der Waals surface area contributed by atoms with Crippen molar-refractivity contribution >= 4 is 12.0 Å². The monoisotopic (exact) mass is 208 g/mol. The molecular weight excluding hydrogens is 203 g/mol. The Labute approximate surface area is 83.9 Å². The lowest BCUT2D eigenvalue weighted by Gasteiger charge is -2.01. The van der Waals surface area contributed by atoms with Crippen molar-refractivity contribution in [3.05, 3.63) is 39.2 Å². The Kier molecular flexibility index (Phi) is 3.08. The minimum atomic E-state index is -0.960. The van der Waals surface area contributed by atoms with Crippen molar-refractivity contribution in [2.24, 2.45) is 0 Å². The number of nitrogens with zero attached hydrogens (tertiary/aromatic N) is 2. The minimum Gasteiger partial charge on any atom is -0.298 e. The van der Waals surface area contributed by atoms with Gasteiger partial charge in [-0.25, -0.2) is 4.39 Å². The summed E-state index contributed by atoms with van der Waals surface area (Å²) in [6.45, 7) is 0. The Morgan fingerprint density at radius 1 is 1.60 bits per heavy atom. The lowest BCUT2D eigenvalue weighted by molar-refractivity contribution is -0.385. The molecule has 0 saturated heterocycles. The van der Waals surface area contributed by atoms with Gasteiger partial charge in [0.1, 0.15) is 11.4 Å². The van der Waals surface area contributed by atoms with Gasteiger partial charge in [0.15, 0.2) is 6.29 Å². The van der Waals surface area contributed by atoms with E-state index in [9.17, 15) is 19.3 Å². The molecule has 1 aromatic carbocycles. The highest BCUT2D eigenvalue weighted by atomic mass is 19.1. The number of rotatable bonds is 3. The van der Waals surface area contributed by atoms with Gasteiger partial charge in [-0.1, -0.05) is 0 Å². The second-order valence-electron chi connectivity index (χ2n) is 2.68. The largest absolute Gasteiger partial charge is 0.298 e. The van der Waals surface area contributed by atoms with Crippen LogP contribution in [0.2, 0.25) is 0 Å². The van der Waals surface area contributed by atoms with E-state index >= 15 is 0 Å². The number of carbonyl (C=O) groups is 1. The minimum absolute atomic E-state index is 0.0333. The fraction of sp³-hybridized carbons (Fsp3) is 0.111. The highest BCUT2D eigenvalue weighted by molar-refractivity contribution is 5.83. The van der Waals surface area contributed by atoms with E-state index in [0.717, 1.165) is 12.1 Å². The van der Waals surface area contributed by atoms with Gasteiger partial charge in [0, 0.05) is 5.56 Å². The molecule has 0 aliphatic rings. The van der Waals surface area contributed by atoms with Crippen LogP contribution in [-0.2, 0) is 6.42 Å². The van der Waals surface area contributed by atoms with Gasteiger partial charge in [-0.3, -0.25) is 14.9 Å². The van der Waals surface area contributed by atoms with Gasteiger partial charge in [0.25, 0.3) is 5.69 Å². The molecule has 0 spiro atoms. The fourth-order valence-corrected chi connectivity index (χ4v) is 1.18. The lowest BCUT2D eigenvalue weighted by atomic mass is 10.1. The van der Waals surface area contributed by atoms with E-state index in [2.05, 4.69) is 0 Å². The molecule has 0 fully saturated rings. The molecular formula is C9H5FN2O3. The third-order valence-electron chi connectivity index (χ3n) is 1.82. The number of carbonyl (C=O) groups excluding carboxylic acids is 1. The summed E-state index contributed by atoms with van der Waals surface area (Å²) < 4.78 is 13.0.